The van der Waals surface area contributed by atoms with E-state index in [4.69, 9.17) is 16.3 Å². The molecule has 90 valence electrons. The Morgan fingerprint density at radius 3 is 2.94 bits per heavy atom. The zero-order valence-electron chi connectivity index (χ0n) is 9.82. The van der Waals surface area contributed by atoms with Gasteiger partial charge in [-0.15, -0.1) is 10.2 Å². The molecule has 1 fully saturated rings. The predicted octanol–water partition coefficient (Wildman–Crippen LogP) is 2.48. The van der Waals surface area contributed by atoms with Crippen molar-refractivity contribution in [2.24, 2.45) is 5.92 Å². The van der Waals surface area contributed by atoms with Crippen LogP contribution in [0.2, 0.25) is 5.28 Å². The predicted molar refractivity (Wildman–Crippen MR) is 62.7 cm³/mol. The summed E-state index contributed by atoms with van der Waals surface area (Å²) in [5.74, 6) is 2.00. The Balaban J connectivity index is 1.99. The molecule has 4 nitrogen and oxygen atoms in total. The van der Waals surface area contributed by atoms with E-state index in [1.165, 1.54) is 0 Å². The van der Waals surface area contributed by atoms with Crippen LogP contribution in [0.25, 0.3) is 0 Å². The minimum absolute atomic E-state index is 0.361. The molecular formula is C11H18ClN3O. The lowest BCUT2D eigenvalue weighted by atomic mass is 10.1. The average molecular weight is 244 g/mol. The number of hydrogen-bond acceptors (Lipinski definition) is 3. The Labute approximate surface area is 101 Å². The largest absolute Gasteiger partial charge is 0.381 e. The van der Waals surface area contributed by atoms with Gasteiger partial charge in [0.05, 0.1) is 0 Å². The molecule has 0 radical (unpaired) electrons. The van der Waals surface area contributed by atoms with E-state index in [9.17, 15) is 0 Å². The Kier molecular flexibility index (Phi) is 3.82. The van der Waals surface area contributed by atoms with Crippen molar-refractivity contribution in [1.29, 1.82) is 0 Å². The highest BCUT2D eigenvalue weighted by Crippen LogP contribution is 2.21. The van der Waals surface area contributed by atoms with Crippen molar-refractivity contribution in [2.45, 2.75) is 39.2 Å². The fourth-order valence-electron chi connectivity index (χ4n) is 2.05. The smallest absolute Gasteiger partial charge is 0.225 e. The quantitative estimate of drug-likeness (QED) is 0.816. The van der Waals surface area contributed by atoms with E-state index in [1.807, 2.05) is 4.57 Å². The molecule has 16 heavy (non-hydrogen) atoms. The van der Waals surface area contributed by atoms with Gasteiger partial charge in [-0.25, -0.2) is 0 Å². The second-order valence-electron chi connectivity index (χ2n) is 4.65. The number of aromatic nitrogens is 3. The highest BCUT2D eigenvalue weighted by molar-refractivity contribution is 6.28. The lowest BCUT2D eigenvalue weighted by Gasteiger charge is -2.12. The summed E-state index contributed by atoms with van der Waals surface area (Å²) in [5, 5.41) is 8.54. The molecule has 0 spiro atoms. The van der Waals surface area contributed by atoms with Crippen molar-refractivity contribution in [2.75, 3.05) is 13.2 Å². The van der Waals surface area contributed by atoms with Crippen molar-refractivity contribution < 1.29 is 4.74 Å². The molecule has 1 aliphatic rings. The second kappa shape index (κ2) is 5.15. The first-order valence-electron chi connectivity index (χ1n) is 5.85. The standard InChI is InChI=1S/C11H18ClN3O/c1-8(2)10-13-14-11(12)15(10)5-3-9-4-6-16-7-9/h8-9H,3-7H2,1-2H3. The number of rotatable bonds is 4. The minimum Gasteiger partial charge on any atom is -0.381 e. The van der Waals surface area contributed by atoms with Gasteiger partial charge in [0.2, 0.25) is 5.28 Å². The Hall–Kier alpha value is -0.610. The summed E-state index contributed by atoms with van der Waals surface area (Å²) < 4.78 is 7.38. The fraction of sp³-hybridized carbons (Fsp3) is 0.818. The van der Waals surface area contributed by atoms with E-state index in [0.29, 0.717) is 17.1 Å². The van der Waals surface area contributed by atoms with E-state index >= 15 is 0 Å². The van der Waals surface area contributed by atoms with Crippen LogP contribution in [0.4, 0.5) is 0 Å². The highest BCUT2D eigenvalue weighted by Gasteiger charge is 2.18. The molecule has 1 aliphatic heterocycles. The van der Waals surface area contributed by atoms with Crippen molar-refractivity contribution >= 4 is 11.6 Å². The molecule has 0 aromatic carbocycles. The summed E-state index contributed by atoms with van der Waals surface area (Å²) in [6.45, 7) is 6.90. The molecule has 0 saturated carbocycles. The third-order valence-electron chi connectivity index (χ3n) is 3.04. The van der Waals surface area contributed by atoms with E-state index < -0.39 is 0 Å². The Morgan fingerprint density at radius 1 is 1.50 bits per heavy atom. The molecule has 0 bridgehead atoms. The van der Waals surface area contributed by atoms with Crippen molar-refractivity contribution in [1.82, 2.24) is 14.8 Å². The minimum atomic E-state index is 0.361. The van der Waals surface area contributed by atoms with Gasteiger partial charge in [0.25, 0.3) is 0 Å². The lowest BCUT2D eigenvalue weighted by molar-refractivity contribution is 0.183. The van der Waals surface area contributed by atoms with Gasteiger partial charge >= 0.3 is 0 Å². The summed E-state index contributed by atoms with van der Waals surface area (Å²) in [6.07, 6.45) is 2.26. The third-order valence-corrected chi connectivity index (χ3v) is 3.32. The van der Waals surface area contributed by atoms with E-state index in [-0.39, 0.29) is 0 Å². The zero-order valence-corrected chi connectivity index (χ0v) is 10.6. The molecule has 1 saturated heterocycles. The first-order valence-corrected chi connectivity index (χ1v) is 6.22. The molecule has 1 unspecified atom stereocenters. The van der Waals surface area contributed by atoms with Crippen LogP contribution in [0, 0.1) is 5.92 Å². The first-order chi connectivity index (χ1) is 7.68. The van der Waals surface area contributed by atoms with Crippen molar-refractivity contribution in [3.05, 3.63) is 11.1 Å². The molecular weight excluding hydrogens is 226 g/mol. The van der Waals surface area contributed by atoms with Crippen LogP contribution in [-0.4, -0.2) is 28.0 Å². The topological polar surface area (TPSA) is 39.9 Å². The van der Waals surface area contributed by atoms with E-state index in [0.717, 1.165) is 38.4 Å². The molecule has 0 aliphatic carbocycles. The maximum Gasteiger partial charge on any atom is 0.225 e. The second-order valence-corrected chi connectivity index (χ2v) is 4.99. The fourth-order valence-corrected chi connectivity index (χ4v) is 2.26. The molecule has 2 rings (SSSR count). The van der Waals surface area contributed by atoms with Gasteiger partial charge < -0.3 is 9.30 Å². The van der Waals surface area contributed by atoms with E-state index in [2.05, 4.69) is 24.0 Å². The van der Waals surface area contributed by atoms with Crippen LogP contribution in [-0.2, 0) is 11.3 Å². The summed E-state index contributed by atoms with van der Waals surface area (Å²) in [6, 6.07) is 0. The van der Waals surface area contributed by atoms with Crippen LogP contribution in [0.1, 0.15) is 38.4 Å². The SMILES string of the molecule is CC(C)c1nnc(Cl)n1CCC1CCOC1. The van der Waals surface area contributed by atoms with Gasteiger partial charge in [0, 0.05) is 25.7 Å². The summed E-state index contributed by atoms with van der Waals surface area (Å²) >= 11 is 6.03. The highest BCUT2D eigenvalue weighted by atomic mass is 35.5. The molecule has 1 aromatic heterocycles. The average Bonchev–Trinajstić information content (AvgIpc) is 2.84. The van der Waals surface area contributed by atoms with Crippen LogP contribution in [0.15, 0.2) is 0 Å². The van der Waals surface area contributed by atoms with Gasteiger partial charge in [0.1, 0.15) is 5.82 Å². The summed E-state index contributed by atoms with van der Waals surface area (Å²) in [5.41, 5.74) is 0. The van der Waals surface area contributed by atoms with Crippen LogP contribution in [0.5, 0.6) is 0 Å². The van der Waals surface area contributed by atoms with Crippen molar-refractivity contribution in [3.8, 4) is 0 Å². The Morgan fingerprint density at radius 2 is 2.31 bits per heavy atom. The van der Waals surface area contributed by atoms with Gasteiger partial charge in [-0.05, 0) is 30.4 Å². The zero-order chi connectivity index (χ0) is 11.5. The number of nitrogens with zero attached hydrogens (tertiary/aromatic N) is 3. The molecule has 0 N–H and O–H groups in total. The molecule has 0 amide bonds. The van der Waals surface area contributed by atoms with Crippen molar-refractivity contribution in [3.63, 3.8) is 0 Å². The Bertz CT molecular complexity index is 345. The monoisotopic (exact) mass is 243 g/mol. The maximum atomic E-state index is 6.03. The van der Waals surface area contributed by atoms with Gasteiger partial charge in [-0.3, -0.25) is 0 Å². The number of ether oxygens (including phenoxy) is 1. The molecule has 1 aromatic rings. The number of halogens is 1. The van der Waals surface area contributed by atoms with Gasteiger partial charge in [-0.2, -0.15) is 0 Å². The summed E-state index contributed by atoms with van der Waals surface area (Å²) in [4.78, 5) is 0. The first kappa shape index (κ1) is 11.9. The normalized spacial score (nSPS) is 20.9. The van der Waals surface area contributed by atoms with E-state index in [1.54, 1.807) is 0 Å². The number of hydrogen-bond donors (Lipinski definition) is 0. The molecule has 1 atom stereocenters. The van der Waals surface area contributed by atoms with Crippen LogP contribution < -0.4 is 0 Å². The molecule has 5 heteroatoms. The van der Waals surface area contributed by atoms with Gasteiger partial charge in [0.15, 0.2) is 0 Å². The lowest BCUT2D eigenvalue weighted by Crippen LogP contribution is -2.10. The maximum absolute atomic E-state index is 6.03. The van der Waals surface area contributed by atoms with Crippen LogP contribution in [0.3, 0.4) is 0 Å². The van der Waals surface area contributed by atoms with Crippen LogP contribution >= 0.6 is 11.6 Å². The molecule has 2 heterocycles. The van der Waals surface area contributed by atoms with Gasteiger partial charge in [-0.1, -0.05) is 13.8 Å². The third kappa shape index (κ3) is 2.55. The summed E-state index contributed by atoms with van der Waals surface area (Å²) in [7, 11) is 0.